The zero-order valence-corrected chi connectivity index (χ0v) is 12.5. The number of hydrogen-bond donors (Lipinski definition) is 0. The van der Waals surface area contributed by atoms with E-state index in [0.717, 1.165) is 6.07 Å². The molecule has 9 heteroatoms. The van der Waals surface area contributed by atoms with Crippen LogP contribution in [0.2, 0.25) is 20.2 Å². The molecule has 1 heterocycles. The van der Waals surface area contributed by atoms with Crippen molar-refractivity contribution >= 4 is 52.1 Å². The number of hydrogen-bond acceptors (Lipinski definition) is 4. The molecule has 0 radical (unpaired) electrons. The van der Waals surface area contributed by atoms with Crippen molar-refractivity contribution < 1.29 is 9.66 Å². The number of rotatable bonds is 3. The van der Waals surface area contributed by atoms with Gasteiger partial charge in [0.2, 0.25) is 5.88 Å². The van der Waals surface area contributed by atoms with E-state index in [2.05, 4.69) is 4.98 Å². The molecule has 0 amide bonds. The van der Waals surface area contributed by atoms with Crippen molar-refractivity contribution in [1.29, 1.82) is 0 Å². The molecule has 0 aliphatic rings. The number of pyridine rings is 1. The van der Waals surface area contributed by atoms with Gasteiger partial charge in [0.25, 0.3) is 5.69 Å². The van der Waals surface area contributed by atoms with Gasteiger partial charge in [0.05, 0.1) is 21.0 Å². The number of ether oxygens (including phenoxy) is 1. The quantitative estimate of drug-likeness (QED) is 0.421. The van der Waals surface area contributed by atoms with Gasteiger partial charge in [0.15, 0.2) is 10.9 Å². The molecule has 20 heavy (non-hydrogen) atoms. The fraction of sp³-hybridized carbons (Fsp3) is 0. The summed E-state index contributed by atoms with van der Waals surface area (Å²) in [6.07, 6.45) is 0. The van der Waals surface area contributed by atoms with Crippen LogP contribution in [0.15, 0.2) is 24.3 Å². The van der Waals surface area contributed by atoms with E-state index in [1.165, 1.54) is 18.2 Å². The highest BCUT2D eigenvalue weighted by atomic mass is 35.5. The van der Waals surface area contributed by atoms with Crippen molar-refractivity contribution in [3.8, 4) is 11.6 Å². The summed E-state index contributed by atoms with van der Waals surface area (Å²) in [6, 6.07) is 5.08. The maximum Gasteiger partial charge on any atom is 0.273 e. The predicted molar refractivity (Wildman–Crippen MR) is 77.4 cm³/mol. The van der Waals surface area contributed by atoms with Crippen LogP contribution < -0.4 is 4.74 Å². The highest BCUT2D eigenvalue weighted by molar-refractivity contribution is 6.42. The van der Waals surface area contributed by atoms with Crippen molar-refractivity contribution in [2.24, 2.45) is 0 Å². The van der Waals surface area contributed by atoms with Gasteiger partial charge >= 0.3 is 0 Å². The molecule has 0 spiro atoms. The summed E-state index contributed by atoms with van der Waals surface area (Å²) in [5, 5.41) is 11.1. The standard InChI is InChI=1S/C11H4Cl4N2O3/c12-6-2-1-5(17(18)19)3-9(6)20-11-8(14)4-7(13)10(15)16-11/h1-4H. The number of aromatic nitrogens is 1. The number of non-ortho nitro benzene ring substituents is 1. The van der Waals surface area contributed by atoms with Crippen molar-refractivity contribution in [2.75, 3.05) is 0 Å². The minimum absolute atomic E-state index is 0.00683. The monoisotopic (exact) mass is 352 g/mol. The van der Waals surface area contributed by atoms with Crippen LogP contribution in [0.3, 0.4) is 0 Å². The van der Waals surface area contributed by atoms with Crippen LogP contribution in [-0.2, 0) is 0 Å². The second kappa shape index (κ2) is 6.01. The maximum absolute atomic E-state index is 10.7. The predicted octanol–water partition coefficient (Wildman–Crippen LogP) is 5.40. The van der Waals surface area contributed by atoms with Crippen LogP contribution in [0.25, 0.3) is 0 Å². The van der Waals surface area contributed by atoms with Gasteiger partial charge in [-0.1, -0.05) is 46.4 Å². The summed E-state index contributed by atoms with van der Waals surface area (Å²) < 4.78 is 5.34. The Morgan fingerprint density at radius 1 is 1.05 bits per heavy atom. The van der Waals surface area contributed by atoms with Gasteiger partial charge in [0, 0.05) is 6.07 Å². The largest absolute Gasteiger partial charge is 0.436 e. The maximum atomic E-state index is 10.7. The van der Waals surface area contributed by atoms with E-state index in [0.29, 0.717) is 0 Å². The van der Waals surface area contributed by atoms with Crippen molar-refractivity contribution in [3.63, 3.8) is 0 Å². The Bertz CT molecular complexity index is 694. The molecular weight excluding hydrogens is 350 g/mol. The summed E-state index contributed by atoms with van der Waals surface area (Å²) in [6.45, 7) is 0. The third-order valence-electron chi connectivity index (χ3n) is 2.19. The zero-order chi connectivity index (χ0) is 14.9. The number of nitro benzene ring substituents is 1. The molecule has 0 atom stereocenters. The molecule has 0 saturated carbocycles. The van der Waals surface area contributed by atoms with E-state index in [-0.39, 0.29) is 37.5 Å². The first-order valence-electron chi connectivity index (χ1n) is 5.02. The molecule has 0 aliphatic heterocycles. The molecule has 0 N–H and O–H groups in total. The lowest BCUT2D eigenvalue weighted by molar-refractivity contribution is -0.384. The average molecular weight is 354 g/mol. The van der Waals surface area contributed by atoms with Crippen LogP contribution >= 0.6 is 46.4 Å². The topological polar surface area (TPSA) is 65.3 Å². The van der Waals surface area contributed by atoms with Gasteiger partial charge in [0.1, 0.15) is 5.02 Å². The van der Waals surface area contributed by atoms with E-state index < -0.39 is 4.92 Å². The van der Waals surface area contributed by atoms with Crippen LogP contribution in [-0.4, -0.2) is 9.91 Å². The normalized spacial score (nSPS) is 10.4. The van der Waals surface area contributed by atoms with Gasteiger partial charge in [-0.3, -0.25) is 10.1 Å². The minimum atomic E-state index is -0.576. The average Bonchev–Trinajstić information content (AvgIpc) is 2.38. The molecule has 5 nitrogen and oxygen atoms in total. The Hall–Kier alpha value is -1.27. The lowest BCUT2D eigenvalue weighted by Gasteiger charge is -2.08. The van der Waals surface area contributed by atoms with Crippen molar-refractivity contribution in [3.05, 3.63) is 54.6 Å². The van der Waals surface area contributed by atoms with Crippen LogP contribution in [0.1, 0.15) is 0 Å². The molecule has 0 fully saturated rings. The lowest BCUT2D eigenvalue weighted by Crippen LogP contribution is -1.93. The van der Waals surface area contributed by atoms with E-state index >= 15 is 0 Å². The molecule has 2 aromatic rings. The molecule has 0 bridgehead atoms. The number of halogens is 4. The number of nitrogens with zero attached hydrogens (tertiary/aromatic N) is 2. The molecule has 2 rings (SSSR count). The lowest BCUT2D eigenvalue weighted by atomic mass is 10.3. The van der Waals surface area contributed by atoms with Crippen LogP contribution in [0.5, 0.6) is 11.6 Å². The third-order valence-corrected chi connectivity index (χ3v) is 3.44. The zero-order valence-electron chi connectivity index (χ0n) is 9.44. The first-order valence-corrected chi connectivity index (χ1v) is 6.53. The number of nitro groups is 1. The minimum Gasteiger partial charge on any atom is -0.436 e. The first-order chi connectivity index (χ1) is 9.38. The fourth-order valence-corrected chi connectivity index (χ4v) is 1.97. The van der Waals surface area contributed by atoms with Gasteiger partial charge in [-0.15, -0.1) is 0 Å². The first kappa shape index (κ1) is 15.1. The van der Waals surface area contributed by atoms with E-state index in [9.17, 15) is 10.1 Å². The molecule has 0 aliphatic carbocycles. The molecule has 0 unspecified atom stereocenters. The molecule has 1 aromatic heterocycles. The smallest absolute Gasteiger partial charge is 0.273 e. The summed E-state index contributed by atoms with van der Waals surface area (Å²) in [5.41, 5.74) is -0.180. The Balaban J connectivity index is 2.42. The van der Waals surface area contributed by atoms with Gasteiger partial charge in [-0.2, -0.15) is 4.98 Å². The Morgan fingerprint density at radius 2 is 1.75 bits per heavy atom. The fourth-order valence-electron chi connectivity index (χ4n) is 1.29. The van der Waals surface area contributed by atoms with Crippen LogP contribution in [0.4, 0.5) is 5.69 Å². The molecular formula is C11H4Cl4N2O3. The van der Waals surface area contributed by atoms with Gasteiger partial charge < -0.3 is 4.74 Å². The number of benzene rings is 1. The molecule has 0 saturated heterocycles. The highest BCUT2D eigenvalue weighted by Crippen LogP contribution is 2.37. The highest BCUT2D eigenvalue weighted by Gasteiger charge is 2.15. The van der Waals surface area contributed by atoms with Crippen molar-refractivity contribution in [2.45, 2.75) is 0 Å². The van der Waals surface area contributed by atoms with E-state index in [1.807, 2.05) is 0 Å². The molecule has 1 aromatic carbocycles. The van der Waals surface area contributed by atoms with Gasteiger partial charge in [-0.25, -0.2) is 0 Å². The summed E-state index contributed by atoms with van der Waals surface area (Å²) in [7, 11) is 0. The van der Waals surface area contributed by atoms with E-state index in [4.69, 9.17) is 51.1 Å². The van der Waals surface area contributed by atoms with E-state index in [1.54, 1.807) is 0 Å². The Labute approximate surface area is 133 Å². The summed E-state index contributed by atoms with van der Waals surface area (Å²) in [5.74, 6) is -0.0166. The summed E-state index contributed by atoms with van der Waals surface area (Å²) >= 11 is 23.3. The SMILES string of the molecule is O=[N+]([O-])c1ccc(Cl)c(Oc2nc(Cl)c(Cl)cc2Cl)c1. The second-order valence-corrected chi connectivity index (χ2v) is 5.10. The molecule has 104 valence electrons. The van der Waals surface area contributed by atoms with Crippen LogP contribution in [0, 0.1) is 10.1 Å². The Kier molecular flexibility index (Phi) is 4.55. The van der Waals surface area contributed by atoms with Gasteiger partial charge in [-0.05, 0) is 12.1 Å². The summed E-state index contributed by atoms with van der Waals surface area (Å²) in [4.78, 5) is 14.0. The second-order valence-electron chi connectivity index (χ2n) is 3.52. The third kappa shape index (κ3) is 3.24. The van der Waals surface area contributed by atoms with Crippen molar-refractivity contribution in [1.82, 2.24) is 4.98 Å². The Morgan fingerprint density at radius 3 is 2.40 bits per heavy atom.